The summed E-state index contributed by atoms with van der Waals surface area (Å²) in [5, 5.41) is 11.4. The smallest absolute Gasteiger partial charge is 0.0908 e. The van der Waals surface area contributed by atoms with Gasteiger partial charge in [-0.2, -0.15) is 5.26 Å². The molecule has 0 saturated carbocycles. The first-order valence-electron chi connectivity index (χ1n) is 3.58. The summed E-state index contributed by atoms with van der Waals surface area (Å²) >= 11 is 0. The SMILES string of the molecule is CCNCC(C)C=CC#N. The molecule has 0 rings (SSSR count). The first-order valence-corrected chi connectivity index (χ1v) is 3.58. The van der Waals surface area contributed by atoms with Crippen molar-refractivity contribution in [3.63, 3.8) is 0 Å². The molecule has 1 unspecified atom stereocenters. The molecule has 0 fully saturated rings. The van der Waals surface area contributed by atoms with Gasteiger partial charge in [-0.1, -0.05) is 19.9 Å². The molecule has 0 heterocycles. The molecule has 10 heavy (non-hydrogen) atoms. The van der Waals surface area contributed by atoms with Crippen molar-refractivity contribution in [1.82, 2.24) is 5.32 Å². The monoisotopic (exact) mass is 138 g/mol. The third kappa shape index (κ3) is 5.33. The van der Waals surface area contributed by atoms with Crippen molar-refractivity contribution < 1.29 is 0 Å². The normalized spacial score (nSPS) is 13.3. The quantitative estimate of drug-likeness (QED) is 0.594. The fourth-order valence-electron chi connectivity index (χ4n) is 0.647. The average Bonchev–Trinajstić information content (AvgIpc) is 1.97. The lowest BCUT2D eigenvalue weighted by atomic mass is 10.1. The number of nitriles is 1. The average molecular weight is 138 g/mol. The molecule has 0 bridgehead atoms. The molecule has 0 aliphatic carbocycles. The van der Waals surface area contributed by atoms with E-state index in [1.165, 1.54) is 6.08 Å². The van der Waals surface area contributed by atoms with E-state index in [0.29, 0.717) is 5.92 Å². The third-order valence-corrected chi connectivity index (χ3v) is 1.22. The van der Waals surface area contributed by atoms with E-state index in [2.05, 4.69) is 19.2 Å². The van der Waals surface area contributed by atoms with Crippen molar-refractivity contribution in [3.8, 4) is 6.07 Å². The first kappa shape index (κ1) is 9.19. The highest BCUT2D eigenvalue weighted by molar-refractivity contribution is 5.03. The fraction of sp³-hybridized carbons (Fsp3) is 0.625. The predicted octanol–water partition coefficient (Wildman–Crippen LogP) is 1.31. The second-order valence-corrected chi connectivity index (χ2v) is 2.27. The Bertz CT molecular complexity index is 133. The van der Waals surface area contributed by atoms with Gasteiger partial charge in [0.15, 0.2) is 0 Å². The lowest BCUT2D eigenvalue weighted by molar-refractivity contribution is 0.612. The minimum absolute atomic E-state index is 0.458. The molecule has 1 atom stereocenters. The third-order valence-electron chi connectivity index (χ3n) is 1.22. The van der Waals surface area contributed by atoms with Crippen LogP contribution >= 0.6 is 0 Å². The minimum Gasteiger partial charge on any atom is -0.316 e. The van der Waals surface area contributed by atoms with Gasteiger partial charge in [0.1, 0.15) is 0 Å². The zero-order valence-corrected chi connectivity index (χ0v) is 6.59. The summed E-state index contributed by atoms with van der Waals surface area (Å²) in [6.45, 7) is 6.09. The summed E-state index contributed by atoms with van der Waals surface area (Å²) in [6, 6.07) is 1.97. The maximum Gasteiger partial charge on any atom is 0.0908 e. The van der Waals surface area contributed by atoms with Crippen LogP contribution in [0.1, 0.15) is 13.8 Å². The molecule has 0 aliphatic rings. The topological polar surface area (TPSA) is 35.8 Å². The standard InChI is InChI=1S/C8H14N2/c1-3-10-7-8(2)5-4-6-9/h4-5,8,10H,3,7H2,1-2H3. The van der Waals surface area contributed by atoms with Crippen molar-refractivity contribution in [2.24, 2.45) is 5.92 Å². The van der Waals surface area contributed by atoms with Crippen LogP contribution in [0.5, 0.6) is 0 Å². The van der Waals surface area contributed by atoms with Gasteiger partial charge in [-0.15, -0.1) is 0 Å². The lowest BCUT2D eigenvalue weighted by Gasteiger charge is -2.04. The van der Waals surface area contributed by atoms with E-state index in [9.17, 15) is 0 Å². The van der Waals surface area contributed by atoms with Crippen LogP contribution in [0, 0.1) is 17.2 Å². The molecule has 2 nitrogen and oxygen atoms in total. The molecule has 0 aromatic heterocycles. The van der Waals surface area contributed by atoms with Crippen molar-refractivity contribution in [2.45, 2.75) is 13.8 Å². The van der Waals surface area contributed by atoms with Gasteiger partial charge in [0.25, 0.3) is 0 Å². The van der Waals surface area contributed by atoms with Crippen LogP contribution < -0.4 is 5.32 Å². The van der Waals surface area contributed by atoms with Gasteiger partial charge >= 0.3 is 0 Å². The summed E-state index contributed by atoms with van der Waals surface area (Å²) in [4.78, 5) is 0. The molecule has 0 radical (unpaired) electrons. The number of rotatable bonds is 4. The Balaban J connectivity index is 3.35. The number of allylic oxidation sites excluding steroid dienone is 1. The van der Waals surface area contributed by atoms with E-state index < -0.39 is 0 Å². The Morgan fingerprint density at radius 2 is 2.40 bits per heavy atom. The van der Waals surface area contributed by atoms with Crippen LogP contribution in [0.2, 0.25) is 0 Å². The van der Waals surface area contributed by atoms with Crippen LogP contribution in [-0.4, -0.2) is 13.1 Å². The van der Waals surface area contributed by atoms with Crippen molar-refractivity contribution in [3.05, 3.63) is 12.2 Å². The molecule has 0 spiro atoms. The summed E-state index contributed by atoms with van der Waals surface area (Å²) in [7, 11) is 0. The molecule has 0 amide bonds. The predicted molar refractivity (Wildman–Crippen MR) is 42.5 cm³/mol. The zero-order valence-electron chi connectivity index (χ0n) is 6.59. The van der Waals surface area contributed by atoms with Gasteiger partial charge < -0.3 is 5.32 Å². The maximum atomic E-state index is 8.18. The molecule has 2 heteroatoms. The van der Waals surface area contributed by atoms with Crippen molar-refractivity contribution >= 4 is 0 Å². The number of nitrogens with one attached hydrogen (secondary N) is 1. The van der Waals surface area contributed by atoms with Gasteiger partial charge in [0.2, 0.25) is 0 Å². The Morgan fingerprint density at radius 1 is 1.70 bits per heavy atom. The molecular formula is C8H14N2. The van der Waals surface area contributed by atoms with E-state index in [1.54, 1.807) is 0 Å². The van der Waals surface area contributed by atoms with Gasteiger partial charge in [-0.3, -0.25) is 0 Å². The van der Waals surface area contributed by atoms with Gasteiger partial charge in [-0.05, 0) is 12.5 Å². The molecular weight excluding hydrogens is 124 g/mol. The Hall–Kier alpha value is -0.810. The zero-order chi connectivity index (χ0) is 7.82. The second kappa shape index (κ2) is 6.31. The van der Waals surface area contributed by atoms with Crippen LogP contribution in [0.4, 0.5) is 0 Å². The molecule has 0 saturated heterocycles. The summed E-state index contributed by atoms with van der Waals surface area (Å²) in [5.41, 5.74) is 0. The molecule has 0 aromatic carbocycles. The van der Waals surface area contributed by atoms with E-state index in [1.807, 2.05) is 12.1 Å². The largest absolute Gasteiger partial charge is 0.316 e. The van der Waals surface area contributed by atoms with Crippen LogP contribution in [0.3, 0.4) is 0 Å². The summed E-state index contributed by atoms with van der Waals surface area (Å²) in [6.07, 6.45) is 3.44. The van der Waals surface area contributed by atoms with E-state index in [4.69, 9.17) is 5.26 Å². The van der Waals surface area contributed by atoms with Gasteiger partial charge in [-0.25, -0.2) is 0 Å². The summed E-state index contributed by atoms with van der Waals surface area (Å²) < 4.78 is 0. The van der Waals surface area contributed by atoms with Gasteiger partial charge in [0.05, 0.1) is 6.07 Å². The summed E-state index contributed by atoms with van der Waals surface area (Å²) in [5.74, 6) is 0.458. The van der Waals surface area contributed by atoms with E-state index in [0.717, 1.165) is 13.1 Å². The Labute approximate surface area is 62.5 Å². The highest BCUT2D eigenvalue weighted by Gasteiger charge is 1.92. The number of hydrogen-bond acceptors (Lipinski definition) is 2. The Morgan fingerprint density at radius 3 is 2.90 bits per heavy atom. The first-order chi connectivity index (χ1) is 4.81. The van der Waals surface area contributed by atoms with Gasteiger partial charge in [0, 0.05) is 12.6 Å². The Kier molecular flexibility index (Phi) is 5.80. The van der Waals surface area contributed by atoms with Crippen LogP contribution in [0.15, 0.2) is 12.2 Å². The molecule has 0 aromatic rings. The lowest BCUT2D eigenvalue weighted by Crippen LogP contribution is -2.19. The van der Waals surface area contributed by atoms with Crippen LogP contribution in [-0.2, 0) is 0 Å². The highest BCUT2D eigenvalue weighted by Crippen LogP contribution is 1.93. The number of hydrogen-bond donors (Lipinski definition) is 1. The van der Waals surface area contributed by atoms with E-state index in [-0.39, 0.29) is 0 Å². The van der Waals surface area contributed by atoms with Crippen molar-refractivity contribution in [2.75, 3.05) is 13.1 Å². The molecule has 0 aliphatic heterocycles. The molecule has 56 valence electrons. The minimum atomic E-state index is 0.458. The highest BCUT2D eigenvalue weighted by atomic mass is 14.8. The maximum absolute atomic E-state index is 8.18. The molecule has 1 N–H and O–H groups in total. The number of nitrogens with zero attached hydrogens (tertiary/aromatic N) is 1. The van der Waals surface area contributed by atoms with Crippen LogP contribution in [0.25, 0.3) is 0 Å². The van der Waals surface area contributed by atoms with E-state index >= 15 is 0 Å². The fourth-order valence-corrected chi connectivity index (χ4v) is 0.647. The second-order valence-electron chi connectivity index (χ2n) is 2.27. The van der Waals surface area contributed by atoms with Crippen molar-refractivity contribution in [1.29, 1.82) is 5.26 Å².